The van der Waals surface area contributed by atoms with E-state index in [0.717, 1.165) is 37.9 Å². The third-order valence-corrected chi connectivity index (χ3v) is 7.24. The summed E-state index contributed by atoms with van der Waals surface area (Å²) in [6, 6.07) is 9.03. The third kappa shape index (κ3) is 7.02. The number of piperazine rings is 1. The Bertz CT molecular complexity index is 909. The number of alkyl carbamates (subject to hydrolysis) is 1. The molecule has 36 heavy (non-hydrogen) atoms. The molecule has 1 aromatic carbocycles. The van der Waals surface area contributed by atoms with Gasteiger partial charge in [-0.05, 0) is 63.6 Å². The number of likely N-dealkylation sites (tertiary alicyclic amines) is 1. The maximum Gasteiger partial charge on any atom is 0.407 e. The molecule has 0 aromatic heterocycles. The van der Waals surface area contributed by atoms with Crippen molar-refractivity contribution in [1.29, 1.82) is 0 Å². The van der Waals surface area contributed by atoms with Gasteiger partial charge in [0, 0.05) is 26.2 Å². The van der Waals surface area contributed by atoms with Crippen molar-refractivity contribution < 1.29 is 19.1 Å². The molecule has 2 aliphatic rings. The van der Waals surface area contributed by atoms with Crippen LogP contribution in [0.1, 0.15) is 71.3 Å². The molecule has 1 aromatic rings. The number of nitrogens with one attached hydrogen (secondary N) is 2. The molecular weight excluding hydrogens is 456 g/mol. The summed E-state index contributed by atoms with van der Waals surface area (Å²) < 4.78 is 5.22. The number of benzene rings is 1. The number of piperidine rings is 1. The Morgan fingerprint density at radius 3 is 2.56 bits per heavy atom. The summed E-state index contributed by atoms with van der Waals surface area (Å²) in [4.78, 5) is 42.8. The van der Waals surface area contributed by atoms with Crippen molar-refractivity contribution in [3.05, 3.63) is 47.7 Å². The molecule has 1 spiro atoms. The molecule has 2 N–H and O–H groups in total. The van der Waals surface area contributed by atoms with Gasteiger partial charge in [0.15, 0.2) is 0 Å². The zero-order valence-corrected chi connectivity index (χ0v) is 22.1. The summed E-state index contributed by atoms with van der Waals surface area (Å²) >= 11 is 0. The first-order valence-corrected chi connectivity index (χ1v) is 13.4. The van der Waals surface area contributed by atoms with Gasteiger partial charge in [-0.25, -0.2) is 4.79 Å². The number of amides is 3. The van der Waals surface area contributed by atoms with E-state index < -0.39 is 17.7 Å². The van der Waals surface area contributed by atoms with Gasteiger partial charge in [-0.15, -0.1) is 0 Å². The van der Waals surface area contributed by atoms with Crippen molar-refractivity contribution in [1.82, 2.24) is 20.4 Å². The Labute approximate surface area is 215 Å². The predicted molar refractivity (Wildman–Crippen MR) is 140 cm³/mol. The van der Waals surface area contributed by atoms with Crippen LogP contribution in [0.4, 0.5) is 4.79 Å². The van der Waals surface area contributed by atoms with Crippen molar-refractivity contribution in [2.24, 2.45) is 0 Å². The van der Waals surface area contributed by atoms with Gasteiger partial charge in [-0.3, -0.25) is 9.59 Å². The molecule has 3 amide bonds. The molecule has 2 aliphatic heterocycles. The molecular formula is C28H42N4O4. The topological polar surface area (TPSA) is 91.0 Å². The number of unbranched alkanes of at least 4 members (excludes halogenated alkanes) is 1. The van der Waals surface area contributed by atoms with Crippen LogP contribution in [0.3, 0.4) is 0 Å². The fraction of sp³-hybridized carbons (Fsp3) is 0.607. The third-order valence-electron chi connectivity index (χ3n) is 7.24. The highest BCUT2D eigenvalue weighted by Gasteiger charge is 2.52. The Hall–Kier alpha value is -3.03. The van der Waals surface area contributed by atoms with Gasteiger partial charge in [0.05, 0.1) is 0 Å². The van der Waals surface area contributed by atoms with Gasteiger partial charge >= 0.3 is 6.09 Å². The van der Waals surface area contributed by atoms with Gasteiger partial charge in [0.2, 0.25) is 11.8 Å². The standard InChI is InChI=1S/C28H42N4O4/c1-4-17-32-25(33)24(13-9-10-16-29-27(35)36-21-23-11-7-6-8-12-23)30-26(34)28(32)14-18-31(19-15-28)20-22(3)5-2/h6-8,11-12,20,24H,4-5,9-10,13-19,21H2,1-3H3,(H,29,35)(H,30,34)/t24-/m0/s1. The number of nitrogens with zero attached hydrogens (tertiary/aromatic N) is 2. The van der Waals surface area contributed by atoms with Crippen LogP contribution in [-0.2, 0) is 20.9 Å². The molecule has 0 saturated carbocycles. The summed E-state index contributed by atoms with van der Waals surface area (Å²) in [7, 11) is 0. The van der Waals surface area contributed by atoms with Crippen LogP contribution in [0.25, 0.3) is 0 Å². The van der Waals surface area contributed by atoms with Crippen LogP contribution in [0.15, 0.2) is 42.1 Å². The van der Waals surface area contributed by atoms with E-state index in [1.54, 1.807) is 0 Å². The maximum atomic E-state index is 13.4. The predicted octanol–water partition coefficient (Wildman–Crippen LogP) is 3.97. The van der Waals surface area contributed by atoms with E-state index in [9.17, 15) is 14.4 Å². The maximum absolute atomic E-state index is 13.4. The smallest absolute Gasteiger partial charge is 0.407 e. The molecule has 8 nitrogen and oxygen atoms in total. The molecule has 1 atom stereocenters. The molecule has 0 radical (unpaired) electrons. The Kier molecular flexibility index (Phi) is 10.2. The number of allylic oxidation sites excluding steroid dienone is 1. The SMILES string of the molecule is CCCN1C(=O)[C@H](CCCCNC(=O)OCc2ccccc2)NC(=O)C12CCN(C=C(C)CC)CC2. The minimum atomic E-state index is -0.738. The molecule has 0 bridgehead atoms. The summed E-state index contributed by atoms with van der Waals surface area (Å²) in [5, 5.41) is 5.80. The van der Waals surface area contributed by atoms with Gasteiger partial charge in [-0.2, -0.15) is 0 Å². The fourth-order valence-electron chi connectivity index (χ4n) is 4.98. The van der Waals surface area contributed by atoms with Crippen molar-refractivity contribution in [3.8, 4) is 0 Å². The average molecular weight is 499 g/mol. The first kappa shape index (κ1) is 27.6. The second-order valence-corrected chi connectivity index (χ2v) is 9.90. The molecule has 3 rings (SSSR count). The van der Waals surface area contributed by atoms with Gasteiger partial charge in [0.1, 0.15) is 18.2 Å². The first-order valence-electron chi connectivity index (χ1n) is 13.4. The van der Waals surface area contributed by atoms with Crippen molar-refractivity contribution in [2.75, 3.05) is 26.2 Å². The van der Waals surface area contributed by atoms with E-state index in [1.807, 2.05) is 42.2 Å². The highest BCUT2D eigenvalue weighted by Crippen LogP contribution is 2.34. The highest BCUT2D eigenvalue weighted by atomic mass is 16.5. The van der Waals surface area contributed by atoms with Gasteiger partial charge in [-0.1, -0.05) is 49.8 Å². The molecule has 198 valence electrons. The van der Waals surface area contributed by atoms with E-state index >= 15 is 0 Å². The second-order valence-electron chi connectivity index (χ2n) is 9.90. The summed E-state index contributed by atoms with van der Waals surface area (Å²) in [5.41, 5.74) is 1.52. The monoisotopic (exact) mass is 498 g/mol. The quantitative estimate of drug-likeness (QED) is 0.451. The van der Waals surface area contributed by atoms with Crippen LogP contribution in [0.2, 0.25) is 0 Å². The largest absolute Gasteiger partial charge is 0.445 e. The molecule has 8 heteroatoms. The lowest BCUT2D eigenvalue weighted by molar-refractivity contribution is -0.161. The van der Waals surface area contributed by atoms with E-state index in [1.165, 1.54) is 5.57 Å². The summed E-state index contributed by atoms with van der Waals surface area (Å²) in [6.07, 6.45) is 6.86. The van der Waals surface area contributed by atoms with E-state index in [-0.39, 0.29) is 18.4 Å². The summed E-state index contributed by atoms with van der Waals surface area (Å²) in [6.45, 7) is 9.15. The van der Waals surface area contributed by atoms with Gasteiger partial charge in [0.25, 0.3) is 0 Å². The number of hydrogen-bond acceptors (Lipinski definition) is 5. The number of rotatable bonds is 11. The number of carbonyl (C=O) groups excluding carboxylic acids is 3. The lowest BCUT2D eigenvalue weighted by atomic mass is 9.81. The minimum absolute atomic E-state index is 0.0148. The van der Waals surface area contributed by atoms with Crippen LogP contribution in [0.5, 0.6) is 0 Å². The van der Waals surface area contributed by atoms with Crippen molar-refractivity contribution in [2.45, 2.75) is 83.9 Å². The average Bonchev–Trinajstić information content (AvgIpc) is 2.89. The second kappa shape index (κ2) is 13.3. The lowest BCUT2D eigenvalue weighted by Crippen LogP contribution is -2.72. The number of carbonyl (C=O) groups is 3. The Balaban J connectivity index is 1.45. The Morgan fingerprint density at radius 1 is 1.17 bits per heavy atom. The van der Waals surface area contributed by atoms with Crippen LogP contribution >= 0.6 is 0 Å². The van der Waals surface area contributed by atoms with E-state index in [0.29, 0.717) is 38.8 Å². The normalized spacial score (nSPS) is 19.9. The van der Waals surface area contributed by atoms with Crippen LogP contribution in [0, 0.1) is 0 Å². The van der Waals surface area contributed by atoms with E-state index in [2.05, 4.69) is 35.6 Å². The molecule has 2 fully saturated rings. The Morgan fingerprint density at radius 2 is 1.89 bits per heavy atom. The fourth-order valence-corrected chi connectivity index (χ4v) is 4.98. The highest BCUT2D eigenvalue weighted by molar-refractivity contribution is 6.00. The molecule has 2 heterocycles. The molecule has 0 unspecified atom stereocenters. The minimum Gasteiger partial charge on any atom is -0.445 e. The van der Waals surface area contributed by atoms with Crippen molar-refractivity contribution in [3.63, 3.8) is 0 Å². The molecule has 0 aliphatic carbocycles. The van der Waals surface area contributed by atoms with Crippen LogP contribution in [-0.4, -0.2) is 65.5 Å². The van der Waals surface area contributed by atoms with Gasteiger partial charge < -0.3 is 25.2 Å². The van der Waals surface area contributed by atoms with Crippen LogP contribution < -0.4 is 10.6 Å². The summed E-state index contributed by atoms with van der Waals surface area (Å²) in [5.74, 6) is 0.0134. The zero-order chi connectivity index (χ0) is 26.0. The van der Waals surface area contributed by atoms with E-state index in [4.69, 9.17) is 4.74 Å². The number of hydrogen-bond donors (Lipinski definition) is 2. The first-order chi connectivity index (χ1) is 17.4. The zero-order valence-electron chi connectivity index (χ0n) is 22.1. The number of ether oxygens (including phenoxy) is 1. The van der Waals surface area contributed by atoms with Crippen molar-refractivity contribution >= 4 is 17.9 Å². The lowest BCUT2D eigenvalue weighted by Gasteiger charge is -2.51. The molecule has 2 saturated heterocycles.